The second-order valence-electron chi connectivity index (χ2n) is 8.74. The Bertz CT molecular complexity index is 1040. The topological polar surface area (TPSA) is 219 Å². The Morgan fingerprint density at radius 1 is 0.590 bits per heavy atom. The van der Waals surface area contributed by atoms with Crippen molar-refractivity contribution in [2.24, 2.45) is 0 Å². The van der Waals surface area contributed by atoms with Crippen LogP contribution in [-0.2, 0) is 48.1 Å². The maximum Gasteiger partial charge on any atom is 0.407 e. The molecule has 18 nitrogen and oxygen atoms in total. The monoisotopic (exact) mass is 558 g/mol. The van der Waals surface area contributed by atoms with Crippen molar-refractivity contribution in [2.75, 3.05) is 59.3 Å². The lowest BCUT2D eigenvalue weighted by atomic mass is 10.5. The van der Waals surface area contributed by atoms with Crippen LogP contribution in [0, 0.1) is 0 Å². The molecule has 0 radical (unpaired) electrons. The van der Waals surface area contributed by atoms with Crippen LogP contribution in [0.5, 0.6) is 0 Å². The summed E-state index contributed by atoms with van der Waals surface area (Å²) in [5.74, 6) is 0. The normalized spacial score (nSPS) is 20.5. The van der Waals surface area contributed by atoms with Crippen molar-refractivity contribution in [1.82, 2.24) is 29.7 Å². The molecule has 18 heteroatoms. The van der Waals surface area contributed by atoms with Crippen LogP contribution in [0.3, 0.4) is 0 Å². The van der Waals surface area contributed by atoms with E-state index in [9.17, 15) is 28.8 Å². The molecule has 0 aliphatic carbocycles. The number of carbonyl (C=O) groups is 3. The molecule has 3 N–H and O–H groups in total. The first kappa shape index (κ1) is 28.1. The summed E-state index contributed by atoms with van der Waals surface area (Å²) in [5, 5.41) is 7.25. The molecule has 4 rings (SSSR count). The lowest BCUT2D eigenvalue weighted by molar-refractivity contribution is 0.135. The molecular formula is C21H30N6O12. The minimum Gasteiger partial charge on any atom is -0.447 e. The van der Waals surface area contributed by atoms with E-state index in [4.69, 9.17) is 28.4 Å². The van der Waals surface area contributed by atoms with Crippen molar-refractivity contribution in [3.8, 4) is 0 Å². The Hall–Kier alpha value is -3.90. The van der Waals surface area contributed by atoms with Crippen LogP contribution in [0.25, 0.3) is 0 Å². The van der Waals surface area contributed by atoms with E-state index < -0.39 is 35.3 Å². The number of aromatic nitrogens is 3. The van der Waals surface area contributed by atoms with E-state index in [0.29, 0.717) is 19.8 Å². The molecule has 0 aromatic carbocycles. The number of rotatable bonds is 15. The zero-order valence-electron chi connectivity index (χ0n) is 21.0. The minimum absolute atomic E-state index is 0.0791. The Morgan fingerprint density at radius 2 is 0.846 bits per heavy atom. The molecular weight excluding hydrogens is 528 g/mol. The van der Waals surface area contributed by atoms with Gasteiger partial charge in [-0.2, -0.15) is 0 Å². The fourth-order valence-electron chi connectivity index (χ4n) is 3.22. The number of ether oxygens (including phenoxy) is 6. The summed E-state index contributed by atoms with van der Waals surface area (Å²) >= 11 is 0. The van der Waals surface area contributed by atoms with Gasteiger partial charge in [-0.3, -0.25) is 0 Å². The number of epoxide rings is 3. The van der Waals surface area contributed by atoms with E-state index in [1.807, 2.05) is 0 Å². The molecule has 39 heavy (non-hydrogen) atoms. The van der Waals surface area contributed by atoms with Crippen LogP contribution in [0.4, 0.5) is 14.4 Å². The Balaban J connectivity index is 1.38. The highest BCUT2D eigenvalue weighted by molar-refractivity contribution is 5.67. The molecule has 0 bridgehead atoms. The van der Waals surface area contributed by atoms with Gasteiger partial charge in [0, 0.05) is 39.3 Å². The highest BCUT2D eigenvalue weighted by atomic mass is 16.6. The van der Waals surface area contributed by atoms with E-state index in [0.717, 1.165) is 13.7 Å². The molecule has 216 valence electrons. The average molecular weight is 559 g/mol. The van der Waals surface area contributed by atoms with Gasteiger partial charge in [0.2, 0.25) is 0 Å². The fourth-order valence-corrected chi connectivity index (χ4v) is 3.22. The molecule has 4 heterocycles. The van der Waals surface area contributed by atoms with E-state index in [1.165, 1.54) is 0 Å². The maximum absolute atomic E-state index is 13.0. The lowest BCUT2D eigenvalue weighted by Gasteiger charge is -2.15. The second-order valence-corrected chi connectivity index (χ2v) is 8.74. The third-order valence-corrected chi connectivity index (χ3v) is 5.61. The van der Waals surface area contributed by atoms with Crippen molar-refractivity contribution in [3.05, 3.63) is 31.5 Å². The van der Waals surface area contributed by atoms with Gasteiger partial charge in [0.15, 0.2) is 0 Å². The van der Waals surface area contributed by atoms with E-state index in [2.05, 4.69) is 16.0 Å². The number of hydrogen-bond acceptors (Lipinski definition) is 12. The van der Waals surface area contributed by atoms with Gasteiger partial charge in [0.25, 0.3) is 0 Å². The summed E-state index contributed by atoms with van der Waals surface area (Å²) in [6.45, 7) is 0.466. The van der Waals surface area contributed by atoms with Gasteiger partial charge in [-0.05, 0) is 0 Å². The summed E-state index contributed by atoms with van der Waals surface area (Å²) in [6, 6.07) is 0. The first-order valence-corrected chi connectivity index (χ1v) is 12.3. The molecule has 3 saturated heterocycles. The van der Waals surface area contributed by atoms with E-state index in [-0.39, 0.29) is 77.4 Å². The summed E-state index contributed by atoms with van der Waals surface area (Å²) in [7, 11) is 0. The molecule has 3 fully saturated rings. The molecule has 0 spiro atoms. The average Bonchev–Trinajstić information content (AvgIpc) is 3.76. The summed E-state index contributed by atoms with van der Waals surface area (Å²) in [5.41, 5.74) is -2.83. The number of nitrogens with zero attached hydrogens (tertiary/aromatic N) is 3. The Kier molecular flexibility index (Phi) is 9.55. The SMILES string of the molecule is O=C(NCCn1c(=O)n(CCNC(=O)OCC2CO2)c(=O)n(CCNC(=O)OC[C@@H]2CO2)c1=O)OCC1CO1. The van der Waals surface area contributed by atoms with Crippen LogP contribution in [0.2, 0.25) is 0 Å². The highest BCUT2D eigenvalue weighted by Crippen LogP contribution is 2.09. The summed E-state index contributed by atoms with van der Waals surface area (Å²) in [6.07, 6.45) is -2.66. The predicted molar refractivity (Wildman–Crippen MR) is 126 cm³/mol. The van der Waals surface area contributed by atoms with Crippen molar-refractivity contribution >= 4 is 18.3 Å². The smallest absolute Gasteiger partial charge is 0.407 e. The second kappa shape index (κ2) is 13.3. The van der Waals surface area contributed by atoms with Crippen molar-refractivity contribution in [1.29, 1.82) is 0 Å². The molecule has 0 saturated carbocycles. The molecule has 1 aromatic rings. The van der Waals surface area contributed by atoms with Gasteiger partial charge >= 0.3 is 35.3 Å². The van der Waals surface area contributed by atoms with Gasteiger partial charge in [-0.15, -0.1) is 0 Å². The van der Waals surface area contributed by atoms with Gasteiger partial charge < -0.3 is 44.4 Å². The third-order valence-electron chi connectivity index (χ3n) is 5.61. The van der Waals surface area contributed by atoms with Gasteiger partial charge in [0.05, 0.1) is 19.8 Å². The van der Waals surface area contributed by atoms with Crippen molar-refractivity contribution < 1.29 is 42.8 Å². The lowest BCUT2D eigenvalue weighted by Crippen LogP contribution is -2.56. The summed E-state index contributed by atoms with van der Waals surface area (Å²) in [4.78, 5) is 74.4. The standard InChI is InChI=1S/C21H30N6O12/c28-16(37-10-13-7-34-13)22-1-4-25-19(31)26(5-2-23-17(29)38-11-14-8-35-14)21(33)27(20(25)32)6-3-24-18(30)39-12-15-9-36-15/h13-15H,1-12H2,(H,22,28)(H,23,29)(H,24,30)/t13-,14?,15?/m0/s1. The summed E-state index contributed by atoms with van der Waals surface area (Å²) < 4.78 is 31.9. The van der Waals surface area contributed by atoms with Gasteiger partial charge in [0.1, 0.15) is 38.1 Å². The van der Waals surface area contributed by atoms with Gasteiger partial charge in [-0.25, -0.2) is 42.5 Å². The van der Waals surface area contributed by atoms with Crippen molar-refractivity contribution in [2.45, 2.75) is 37.9 Å². The van der Waals surface area contributed by atoms with Crippen LogP contribution < -0.4 is 33.0 Å². The quantitative estimate of drug-likeness (QED) is 0.141. The maximum atomic E-state index is 13.0. The van der Waals surface area contributed by atoms with Crippen LogP contribution in [0.15, 0.2) is 14.4 Å². The minimum atomic E-state index is -0.943. The van der Waals surface area contributed by atoms with Crippen LogP contribution >= 0.6 is 0 Å². The number of carbonyl (C=O) groups excluding carboxylic acids is 3. The largest absolute Gasteiger partial charge is 0.447 e. The zero-order valence-corrected chi connectivity index (χ0v) is 21.0. The Morgan fingerprint density at radius 3 is 1.08 bits per heavy atom. The first-order valence-electron chi connectivity index (χ1n) is 12.3. The van der Waals surface area contributed by atoms with Crippen LogP contribution in [-0.4, -0.2) is 110 Å². The van der Waals surface area contributed by atoms with Gasteiger partial charge in [-0.1, -0.05) is 0 Å². The molecule has 3 amide bonds. The predicted octanol–water partition coefficient (Wildman–Crippen LogP) is -3.45. The zero-order chi connectivity index (χ0) is 27.8. The first-order chi connectivity index (χ1) is 18.8. The number of hydrogen-bond donors (Lipinski definition) is 3. The number of amides is 3. The van der Waals surface area contributed by atoms with Crippen LogP contribution in [0.1, 0.15) is 0 Å². The number of alkyl carbamates (subject to hydrolysis) is 3. The fraction of sp³-hybridized carbons (Fsp3) is 0.714. The molecule has 2 unspecified atom stereocenters. The van der Waals surface area contributed by atoms with Crippen molar-refractivity contribution in [3.63, 3.8) is 0 Å². The molecule has 3 atom stereocenters. The molecule has 3 aliphatic heterocycles. The molecule has 3 aliphatic rings. The van der Waals surface area contributed by atoms with E-state index in [1.54, 1.807) is 0 Å². The number of nitrogens with one attached hydrogen (secondary N) is 3. The third kappa shape index (κ3) is 9.11. The highest BCUT2D eigenvalue weighted by Gasteiger charge is 2.26. The molecule has 1 aromatic heterocycles. The van der Waals surface area contributed by atoms with E-state index >= 15 is 0 Å². The Labute approximate surface area is 220 Å².